The number of H-pyrrole nitrogens is 1. The summed E-state index contributed by atoms with van der Waals surface area (Å²) >= 11 is 0. The Labute approximate surface area is 109 Å². The van der Waals surface area contributed by atoms with Gasteiger partial charge in [0.15, 0.2) is 5.43 Å². The second-order valence-electron chi connectivity index (χ2n) is 4.10. The molecule has 98 valence electrons. The predicted molar refractivity (Wildman–Crippen MR) is 71.9 cm³/mol. The Morgan fingerprint density at radius 1 is 1.47 bits per heavy atom. The Morgan fingerprint density at radius 3 is 2.84 bits per heavy atom. The lowest BCUT2D eigenvalue weighted by molar-refractivity contribution is 0.102. The smallest absolute Gasteiger partial charge is 0.262 e. The maximum atomic E-state index is 11.9. The number of rotatable bonds is 3. The van der Waals surface area contributed by atoms with Gasteiger partial charge in [-0.1, -0.05) is 6.07 Å². The zero-order chi connectivity index (χ0) is 13.8. The number of nitrogens with two attached hydrogens (primary N) is 1. The van der Waals surface area contributed by atoms with Crippen LogP contribution in [0.25, 0.3) is 0 Å². The van der Waals surface area contributed by atoms with Gasteiger partial charge in [0.1, 0.15) is 11.4 Å². The summed E-state index contributed by atoms with van der Waals surface area (Å²) in [6.07, 6.45) is 2.97. The first-order valence-electron chi connectivity index (χ1n) is 5.76. The van der Waals surface area contributed by atoms with Crippen LogP contribution in [0.2, 0.25) is 0 Å². The molecule has 19 heavy (non-hydrogen) atoms. The van der Waals surface area contributed by atoms with Crippen LogP contribution in [0.5, 0.6) is 0 Å². The molecule has 0 unspecified atom stereocenters. The molecule has 0 aliphatic carbocycles. The molecule has 0 radical (unpaired) electrons. The van der Waals surface area contributed by atoms with E-state index in [-0.39, 0.29) is 11.0 Å². The van der Waals surface area contributed by atoms with Crippen LogP contribution in [0.1, 0.15) is 21.6 Å². The molecule has 0 bridgehead atoms. The van der Waals surface area contributed by atoms with Gasteiger partial charge in [-0.05, 0) is 18.6 Å². The van der Waals surface area contributed by atoms with Crippen molar-refractivity contribution in [2.24, 2.45) is 5.73 Å². The van der Waals surface area contributed by atoms with E-state index < -0.39 is 5.91 Å². The largest absolute Gasteiger partial charge is 0.364 e. The molecule has 0 atom stereocenters. The number of pyridine rings is 2. The highest BCUT2D eigenvalue weighted by molar-refractivity contribution is 6.03. The first-order valence-corrected chi connectivity index (χ1v) is 5.76. The molecule has 0 aromatic carbocycles. The van der Waals surface area contributed by atoms with Gasteiger partial charge in [0.05, 0.1) is 0 Å². The average Bonchev–Trinajstić information content (AvgIpc) is 2.39. The fraction of sp³-hybridized carbons (Fsp3) is 0.154. The van der Waals surface area contributed by atoms with Gasteiger partial charge in [0, 0.05) is 30.7 Å². The van der Waals surface area contributed by atoms with Crippen molar-refractivity contribution >= 4 is 11.7 Å². The quantitative estimate of drug-likeness (QED) is 0.757. The minimum absolute atomic E-state index is 0.0512. The maximum absolute atomic E-state index is 11.9. The maximum Gasteiger partial charge on any atom is 0.262 e. The number of carbonyl (C=O) groups is 1. The Bertz CT molecular complexity index is 646. The van der Waals surface area contributed by atoms with Crippen molar-refractivity contribution in [1.29, 1.82) is 0 Å². The topological polar surface area (TPSA) is 101 Å². The number of hydrogen-bond acceptors (Lipinski definition) is 4. The van der Waals surface area contributed by atoms with Crippen LogP contribution in [0.3, 0.4) is 0 Å². The molecule has 0 fully saturated rings. The van der Waals surface area contributed by atoms with Crippen molar-refractivity contribution in [1.82, 2.24) is 9.97 Å². The molecule has 2 aromatic heterocycles. The van der Waals surface area contributed by atoms with E-state index in [2.05, 4.69) is 15.3 Å². The van der Waals surface area contributed by atoms with Crippen LogP contribution in [-0.4, -0.2) is 15.9 Å². The Kier molecular flexibility index (Phi) is 3.72. The third kappa shape index (κ3) is 3.05. The predicted octanol–water partition coefficient (Wildman–Crippen LogP) is 0.789. The van der Waals surface area contributed by atoms with Gasteiger partial charge in [-0.15, -0.1) is 0 Å². The SMILES string of the molecule is Cc1cc(=O)c(C(=O)Nc2ccc(CN)cn2)c[nH]1. The molecule has 1 amide bonds. The number of nitrogens with zero attached hydrogens (tertiary/aromatic N) is 1. The number of nitrogens with one attached hydrogen (secondary N) is 2. The van der Waals surface area contributed by atoms with Gasteiger partial charge in [-0.2, -0.15) is 0 Å². The van der Waals surface area contributed by atoms with E-state index >= 15 is 0 Å². The molecule has 4 N–H and O–H groups in total. The summed E-state index contributed by atoms with van der Waals surface area (Å²) in [5, 5.41) is 2.56. The van der Waals surface area contributed by atoms with Crippen molar-refractivity contribution in [2.45, 2.75) is 13.5 Å². The van der Waals surface area contributed by atoms with Gasteiger partial charge in [0.2, 0.25) is 0 Å². The van der Waals surface area contributed by atoms with Crippen LogP contribution in [0.15, 0.2) is 35.4 Å². The lowest BCUT2D eigenvalue weighted by Gasteiger charge is -2.05. The van der Waals surface area contributed by atoms with Gasteiger partial charge in [0.25, 0.3) is 5.91 Å². The molecule has 0 spiro atoms. The second kappa shape index (κ2) is 5.45. The van der Waals surface area contributed by atoms with Crippen LogP contribution in [0, 0.1) is 6.92 Å². The van der Waals surface area contributed by atoms with Gasteiger partial charge in [-0.3, -0.25) is 9.59 Å². The van der Waals surface area contributed by atoms with Crippen LogP contribution in [-0.2, 0) is 6.54 Å². The molecular weight excluding hydrogens is 244 g/mol. The Balaban J connectivity index is 2.18. The van der Waals surface area contributed by atoms with Crippen LogP contribution >= 0.6 is 0 Å². The van der Waals surface area contributed by atoms with Crippen molar-refractivity contribution in [3.05, 3.63) is 57.6 Å². The third-order valence-electron chi connectivity index (χ3n) is 2.60. The second-order valence-corrected chi connectivity index (χ2v) is 4.10. The number of aromatic nitrogens is 2. The number of hydrogen-bond donors (Lipinski definition) is 3. The van der Waals surface area contributed by atoms with E-state index in [1.54, 1.807) is 25.3 Å². The highest BCUT2D eigenvalue weighted by atomic mass is 16.2. The summed E-state index contributed by atoms with van der Waals surface area (Å²) in [4.78, 5) is 30.4. The highest BCUT2D eigenvalue weighted by Gasteiger charge is 2.10. The molecule has 0 aliphatic rings. The van der Waals surface area contributed by atoms with Crippen molar-refractivity contribution < 1.29 is 4.79 Å². The average molecular weight is 258 g/mol. The van der Waals surface area contributed by atoms with Crippen molar-refractivity contribution in [3.63, 3.8) is 0 Å². The van der Waals surface area contributed by atoms with Gasteiger partial charge >= 0.3 is 0 Å². The van der Waals surface area contributed by atoms with Crippen molar-refractivity contribution in [3.8, 4) is 0 Å². The number of aromatic amines is 1. The summed E-state index contributed by atoms with van der Waals surface area (Å²) in [6, 6.07) is 4.78. The molecule has 6 nitrogen and oxygen atoms in total. The van der Waals surface area contributed by atoms with E-state index in [1.807, 2.05) is 0 Å². The lowest BCUT2D eigenvalue weighted by Crippen LogP contribution is -2.22. The zero-order valence-electron chi connectivity index (χ0n) is 10.4. The number of amides is 1. The first kappa shape index (κ1) is 13.0. The molecule has 2 heterocycles. The minimum Gasteiger partial charge on any atom is -0.364 e. The standard InChI is InChI=1S/C13H14N4O2/c1-8-4-11(18)10(7-15-8)13(19)17-12-3-2-9(5-14)6-16-12/h2-4,6-7H,5,14H2,1H3,(H,15,18)(H,16,17,19). The molecule has 2 aromatic rings. The fourth-order valence-electron chi connectivity index (χ4n) is 1.55. The zero-order valence-corrected chi connectivity index (χ0v) is 10.4. The van der Waals surface area contributed by atoms with Gasteiger partial charge in [-0.25, -0.2) is 4.98 Å². The number of aryl methyl sites for hydroxylation is 1. The van der Waals surface area contributed by atoms with E-state index in [1.165, 1.54) is 12.3 Å². The van der Waals surface area contributed by atoms with Gasteiger partial charge < -0.3 is 16.0 Å². The summed E-state index contributed by atoms with van der Waals surface area (Å²) in [7, 11) is 0. The molecule has 0 saturated carbocycles. The monoisotopic (exact) mass is 258 g/mol. The summed E-state index contributed by atoms with van der Waals surface area (Å²) in [5.41, 5.74) is 6.75. The summed E-state index contributed by atoms with van der Waals surface area (Å²) in [6.45, 7) is 2.13. The van der Waals surface area contributed by atoms with Crippen molar-refractivity contribution in [2.75, 3.05) is 5.32 Å². The van der Waals surface area contributed by atoms with E-state index in [9.17, 15) is 9.59 Å². The first-order chi connectivity index (χ1) is 9.10. The number of carbonyl (C=O) groups excluding carboxylic acids is 1. The lowest BCUT2D eigenvalue weighted by atomic mass is 10.2. The molecule has 6 heteroatoms. The summed E-state index contributed by atoms with van der Waals surface area (Å²) in [5.74, 6) is -0.114. The van der Waals surface area contributed by atoms with E-state index in [0.29, 0.717) is 18.1 Å². The van der Waals surface area contributed by atoms with Crippen LogP contribution < -0.4 is 16.5 Å². The fourth-order valence-corrected chi connectivity index (χ4v) is 1.55. The van der Waals surface area contributed by atoms with E-state index in [0.717, 1.165) is 5.56 Å². The van der Waals surface area contributed by atoms with Crippen LogP contribution in [0.4, 0.5) is 5.82 Å². The summed E-state index contributed by atoms with van der Waals surface area (Å²) < 4.78 is 0. The third-order valence-corrected chi connectivity index (χ3v) is 2.60. The van der Waals surface area contributed by atoms with E-state index in [4.69, 9.17) is 5.73 Å². The molecule has 2 rings (SSSR count). The molecular formula is C13H14N4O2. The number of anilines is 1. The normalized spacial score (nSPS) is 10.2. The molecule has 0 saturated heterocycles. The Hall–Kier alpha value is -2.47. The Morgan fingerprint density at radius 2 is 2.26 bits per heavy atom. The minimum atomic E-state index is -0.491. The molecule has 0 aliphatic heterocycles. The highest BCUT2D eigenvalue weighted by Crippen LogP contribution is 2.05.